The molecule has 0 bridgehead atoms. The summed E-state index contributed by atoms with van der Waals surface area (Å²) in [5, 5.41) is 12.4. The van der Waals surface area contributed by atoms with Gasteiger partial charge in [0, 0.05) is 0 Å². The van der Waals surface area contributed by atoms with Crippen LogP contribution in [-0.4, -0.2) is 22.5 Å². The van der Waals surface area contributed by atoms with Crippen LogP contribution < -0.4 is 5.32 Å². The summed E-state index contributed by atoms with van der Waals surface area (Å²) >= 11 is 4.72. The first-order chi connectivity index (χ1) is 9.36. The van der Waals surface area contributed by atoms with Gasteiger partial charge in [0.05, 0.1) is 8.66 Å². The summed E-state index contributed by atoms with van der Waals surface area (Å²) in [6.07, 6.45) is 3.19. The number of carboxylic acid groups (broad SMARTS) is 1. The second kappa shape index (κ2) is 5.85. The molecular weight excluding hydrogens is 342 g/mol. The number of nitrogens with one attached hydrogen (secondary N) is 1. The van der Waals surface area contributed by atoms with Crippen LogP contribution in [0.4, 0.5) is 0 Å². The zero-order chi connectivity index (χ0) is 14.9. The molecule has 0 aromatic carbocycles. The molecule has 2 rings (SSSR count). The lowest BCUT2D eigenvalue weighted by Crippen LogP contribution is -2.59. The van der Waals surface area contributed by atoms with Crippen molar-refractivity contribution in [3.05, 3.63) is 20.3 Å². The SMILES string of the molecule is Cc1cc(C(=O)NC2(C(=O)O)CCCCC2C)sc1Br. The Morgan fingerprint density at radius 1 is 1.50 bits per heavy atom. The van der Waals surface area contributed by atoms with E-state index in [9.17, 15) is 14.7 Å². The van der Waals surface area contributed by atoms with E-state index < -0.39 is 11.5 Å². The minimum absolute atomic E-state index is 0.0535. The number of hydrogen-bond donors (Lipinski definition) is 2. The number of thiophene rings is 1. The van der Waals surface area contributed by atoms with Gasteiger partial charge in [-0.25, -0.2) is 4.79 Å². The number of carbonyl (C=O) groups excluding carboxylic acids is 1. The van der Waals surface area contributed by atoms with E-state index in [1.807, 2.05) is 13.8 Å². The van der Waals surface area contributed by atoms with Gasteiger partial charge in [-0.2, -0.15) is 0 Å². The van der Waals surface area contributed by atoms with Crippen molar-refractivity contribution in [2.75, 3.05) is 0 Å². The Balaban J connectivity index is 2.24. The van der Waals surface area contributed by atoms with Gasteiger partial charge in [-0.3, -0.25) is 4.79 Å². The lowest BCUT2D eigenvalue weighted by Gasteiger charge is -2.39. The van der Waals surface area contributed by atoms with Crippen LogP contribution in [0.2, 0.25) is 0 Å². The molecule has 2 atom stereocenters. The van der Waals surface area contributed by atoms with Gasteiger partial charge < -0.3 is 10.4 Å². The molecule has 2 N–H and O–H groups in total. The molecule has 1 heterocycles. The normalized spacial score (nSPS) is 26.2. The number of halogens is 1. The number of amides is 1. The maximum Gasteiger partial charge on any atom is 0.329 e. The van der Waals surface area contributed by atoms with Gasteiger partial charge in [-0.15, -0.1) is 11.3 Å². The quantitative estimate of drug-likeness (QED) is 0.866. The van der Waals surface area contributed by atoms with E-state index in [0.29, 0.717) is 11.3 Å². The van der Waals surface area contributed by atoms with Gasteiger partial charge in [0.25, 0.3) is 5.91 Å². The van der Waals surface area contributed by atoms with Crippen LogP contribution in [0.15, 0.2) is 9.85 Å². The van der Waals surface area contributed by atoms with Gasteiger partial charge >= 0.3 is 5.97 Å². The van der Waals surface area contributed by atoms with Crippen molar-refractivity contribution >= 4 is 39.1 Å². The molecule has 20 heavy (non-hydrogen) atoms. The van der Waals surface area contributed by atoms with Crippen molar-refractivity contribution in [1.29, 1.82) is 0 Å². The molecule has 1 aromatic rings. The summed E-state index contributed by atoms with van der Waals surface area (Å²) in [7, 11) is 0. The summed E-state index contributed by atoms with van der Waals surface area (Å²) in [5.41, 5.74) is -0.138. The van der Waals surface area contributed by atoms with Crippen LogP contribution in [0.1, 0.15) is 47.8 Å². The predicted molar refractivity (Wildman–Crippen MR) is 82.2 cm³/mol. The van der Waals surface area contributed by atoms with Crippen LogP contribution in [-0.2, 0) is 4.79 Å². The monoisotopic (exact) mass is 359 g/mol. The topological polar surface area (TPSA) is 66.4 Å². The summed E-state index contributed by atoms with van der Waals surface area (Å²) in [5.74, 6) is -1.27. The van der Waals surface area contributed by atoms with Gasteiger partial charge in [0.2, 0.25) is 0 Å². The van der Waals surface area contributed by atoms with E-state index in [-0.39, 0.29) is 11.8 Å². The van der Waals surface area contributed by atoms with Crippen LogP contribution in [0, 0.1) is 12.8 Å². The minimum atomic E-state index is -1.13. The standard InChI is InChI=1S/C14H18BrNO3S/c1-8-7-10(20-11(8)15)12(17)16-14(13(18)19)6-4-3-5-9(14)2/h7,9H,3-6H2,1-2H3,(H,16,17)(H,18,19). The maximum absolute atomic E-state index is 12.3. The lowest BCUT2D eigenvalue weighted by molar-refractivity contribution is -0.148. The number of carboxylic acids is 1. The molecule has 4 nitrogen and oxygen atoms in total. The van der Waals surface area contributed by atoms with Crippen molar-refractivity contribution in [3.8, 4) is 0 Å². The van der Waals surface area contributed by atoms with Crippen LogP contribution >= 0.6 is 27.3 Å². The second-order valence-electron chi connectivity index (χ2n) is 5.44. The molecule has 1 fully saturated rings. The molecule has 1 amide bonds. The maximum atomic E-state index is 12.3. The summed E-state index contributed by atoms with van der Waals surface area (Å²) in [6, 6.07) is 1.78. The molecule has 1 aliphatic carbocycles. The smallest absolute Gasteiger partial charge is 0.329 e. The molecule has 110 valence electrons. The number of aliphatic carboxylic acids is 1. The first-order valence-electron chi connectivity index (χ1n) is 6.68. The van der Waals surface area contributed by atoms with E-state index in [4.69, 9.17) is 0 Å². The van der Waals surface area contributed by atoms with E-state index in [2.05, 4.69) is 21.2 Å². The Morgan fingerprint density at radius 2 is 2.20 bits per heavy atom. The first-order valence-corrected chi connectivity index (χ1v) is 8.29. The highest BCUT2D eigenvalue weighted by atomic mass is 79.9. The Labute approximate surface area is 130 Å². The molecule has 0 spiro atoms. The summed E-state index contributed by atoms with van der Waals surface area (Å²) in [4.78, 5) is 24.6. The third-order valence-corrected chi connectivity index (χ3v) is 6.23. The Morgan fingerprint density at radius 3 is 2.70 bits per heavy atom. The predicted octanol–water partition coefficient (Wildman–Crippen LogP) is 3.58. The van der Waals surface area contributed by atoms with Gasteiger partial charge in [-0.05, 0) is 53.2 Å². The molecular formula is C14H18BrNO3S. The summed E-state index contributed by atoms with van der Waals surface area (Å²) in [6.45, 7) is 3.82. The van der Waals surface area contributed by atoms with Gasteiger partial charge in [0.1, 0.15) is 5.54 Å². The molecule has 6 heteroatoms. The van der Waals surface area contributed by atoms with Crippen molar-refractivity contribution in [3.63, 3.8) is 0 Å². The fourth-order valence-electron chi connectivity index (χ4n) is 2.74. The number of aryl methyl sites for hydroxylation is 1. The fraction of sp³-hybridized carbons (Fsp3) is 0.571. The molecule has 0 aliphatic heterocycles. The highest BCUT2D eigenvalue weighted by Crippen LogP contribution is 2.35. The van der Waals surface area contributed by atoms with Crippen LogP contribution in [0.5, 0.6) is 0 Å². The number of hydrogen-bond acceptors (Lipinski definition) is 3. The number of carbonyl (C=O) groups is 2. The Hall–Kier alpha value is -0.880. The minimum Gasteiger partial charge on any atom is -0.479 e. The van der Waals surface area contributed by atoms with Crippen molar-refractivity contribution in [2.24, 2.45) is 5.92 Å². The first kappa shape index (κ1) is 15.5. The third kappa shape index (κ3) is 2.76. The Bertz CT molecular complexity index is 523. The Kier molecular flexibility index (Phi) is 4.54. The highest BCUT2D eigenvalue weighted by molar-refractivity contribution is 9.11. The average molecular weight is 360 g/mol. The number of rotatable bonds is 3. The second-order valence-corrected chi connectivity index (χ2v) is 7.81. The molecule has 1 saturated carbocycles. The van der Waals surface area contributed by atoms with Gasteiger partial charge in [-0.1, -0.05) is 19.8 Å². The zero-order valence-electron chi connectivity index (χ0n) is 11.5. The van der Waals surface area contributed by atoms with Crippen molar-refractivity contribution in [2.45, 2.75) is 45.1 Å². The van der Waals surface area contributed by atoms with E-state index in [1.165, 1.54) is 11.3 Å². The fourth-order valence-corrected chi connectivity index (χ4v) is 4.17. The lowest BCUT2D eigenvalue weighted by atomic mass is 9.73. The van der Waals surface area contributed by atoms with Gasteiger partial charge in [0.15, 0.2) is 0 Å². The summed E-state index contributed by atoms with van der Waals surface area (Å²) < 4.78 is 0.906. The zero-order valence-corrected chi connectivity index (χ0v) is 13.9. The average Bonchev–Trinajstić information content (AvgIpc) is 2.72. The van der Waals surface area contributed by atoms with Crippen LogP contribution in [0.25, 0.3) is 0 Å². The van der Waals surface area contributed by atoms with Crippen molar-refractivity contribution in [1.82, 2.24) is 5.32 Å². The van der Waals surface area contributed by atoms with E-state index >= 15 is 0 Å². The van der Waals surface area contributed by atoms with E-state index in [1.54, 1.807) is 6.07 Å². The van der Waals surface area contributed by atoms with E-state index in [0.717, 1.165) is 28.6 Å². The third-order valence-electron chi connectivity index (χ3n) is 4.10. The molecule has 1 aromatic heterocycles. The largest absolute Gasteiger partial charge is 0.479 e. The molecule has 0 radical (unpaired) electrons. The highest BCUT2D eigenvalue weighted by Gasteiger charge is 2.46. The molecule has 2 unspecified atom stereocenters. The van der Waals surface area contributed by atoms with Crippen molar-refractivity contribution < 1.29 is 14.7 Å². The van der Waals surface area contributed by atoms with Crippen LogP contribution in [0.3, 0.4) is 0 Å². The molecule has 0 saturated heterocycles. The molecule has 1 aliphatic rings.